The number of amides is 2. The zero-order chi connectivity index (χ0) is 16.2. The van der Waals surface area contributed by atoms with Gasteiger partial charge >= 0.3 is 0 Å². The van der Waals surface area contributed by atoms with Crippen molar-refractivity contribution >= 4 is 17.5 Å². The Labute approximate surface area is 135 Å². The standard InChI is InChI=1S/C17H22N2O4/c1-12(14-7-4-10-22-14)18-16(20)8-9-19-13-5-2-3-6-15(13)23-11-17(19)21/h2-3,5-6,12,14H,4,7-11H2,1H3,(H,18,20)/t12-,14-/m0/s1. The van der Waals surface area contributed by atoms with Crippen LogP contribution in [0.3, 0.4) is 0 Å². The number of nitrogens with zero attached hydrogens (tertiary/aromatic N) is 1. The number of fused-ring (bicyclic) bond motifs is 1. The topological polar surface area (TPSA) is 67.9 Å². The predicted octanol–water partition coefficient (Wildman–Crippen LogP) is 1.49. The van der Waals surface area contributed by atoms with Crippen LogP contribution >= 0.6 is 0 Å². The quantitative estimate of drug-likeness (QED) is 0.893. The van der Waals surface area contributed by atoms with Crippen molar-refractivity contribution in [3.63, 3.8) is 0 Å². The van der Waals surface area contributed by atoms with Gasteiger partial charge in [0.15, 0.2) is 6.61 Å². The number of hydrogen-bond donors (Lipinski definition) is 1. The highest BCUT2D eigenvalue weighted by Gasteiger charge is 2.27. The molecule has 0 aliphatic carbocycles. The third-order valence-corrected chi connectivity index (χ3v) is 4.28. The minimum Gasteiger partial charge on any atom is -0.482 e. The highest BCUT2D eigenvalue weighted by molar-refractivity contribution is 5.98. The Morgan fingerprint density at radius 1 is 1.43 bits per heavy atom. The summed E-state index contributed by atoms with van der Waals surface area (Å²) in [5.41, 5.74) is 0.726. The van der Waals surface area contributed by atoms with E-state index in [-0.39, 0.29) is 37.0 Å². The van der Waals surface area contributed by atoms with E-state index in [9.17, 15) is 9.59 Å². The van der Waals surface area contributed by atoms with Crippen LogP contribution in [0.4, 0.5) is 5.69 Å². The van der Waals surface area contributed by atoms with Crippen molar-refractivity contribution in [2.75, 3.05) is 24.7 Å². The van der Waals surface area contributed by atoms with Gasteiger partial charge in [-0.3, -0.25) is 9.59 Å². The van der Waals surface area contributed by atoms with Crippen molar-refractivity contribution in [3.05, 3.63) is 24.3 Å². The van der Waals surface area contributed by atoms with Crippen molar-refractivity contribution in [1.82, 2.24) is 5.32 Å². The summed E-state index contributed by atoms with van der Waals surface area (Å²) in [6.07, 6.45) is 2.39. The van der Waals surface area contributed by atoms with Crippen LogP contribution in [0.15, 0.2) is 24.3 Å². The van der Waals surface area contributed by atoms with E-state index in [1.807, 2.05) is 31.2 Å². The number of carbonyl (C=O) groups excluding carboxylic acids is 2. The summed E-state index contributed by atoms with van der Waals surface area (Å²) in [6, 6.07) is 7.38. The summed E-state index contributed by atoms with van der Waals surface area (Å²) in [7, 11) is 0. The van der Waals surface area contributed by atoms with Gasteiger partial charge in [0.2, 0.25) is 5.91 Å². The third-order valence-electron chi connectivity index (χ3n) is 4.28. The molecule has 3 rings (SSSR count). The Kier molecular flexibility index (Phi) is 4.81. The molecule has 2 aliphatic rings. The molecule has 6 nitrogen and oxygen atoms in total. The van der Waals surface area contributed by atoms with E-state index in [1.165, 1.54) is 0 Å². The number of benzene rings is 1. The van der Waals surface area contributed by atoms with E-state index < -0.39 is 0 Å². The summed E-state index contributed by atoms with van der Waals surface area (Å²) in [5, 5.41) is 2.97. The average molecular weight is 318 g/mol. The maximum Gasteiger partial charge on any atom is 0.265 e. The van der Waals surface area contributed by atoms with Crippen LogP contribution in [0.2, 0.25) is 0 Å². The lowest BCUT2D eigenvalue weighted by molar-refractivity contribution is -0.123. The molecular formula is C17H22N2O4. The molecule has 0 radical (unpaired) electrons. The molecule has 0 saturated carbocycles. The van der Waals surface area contributed by atoms with E-state index in [2.05, 4.69) is 5.32 Å². The molecule has 0 unspecified atom stereocenters. The van der Waals surface area contributed by atoms with Gasteiger partial charge in [-0.05, 0) is 31.9 Å². The molecule has 2 heterocycles. The molecule has 1 aromatic rings. The van der Waals surface area contributed by atoms with Gasteiger partial charge in [-0.15, -0.1) is 0 Å². The summed E-state index contributed by atoms with van der Waals surface area (Å²) >= 11 is 0. The molecule has 2 aliphatic heterocycles. The van der Waals surface area contributed by atoms with E-state index >= 15 is 0 Å². The first kappa shape index (κ1) is 15.8. The molecule has 0 aromatic heterocycles. The molecule has 1 fully saturated rings. The molecule has 6 heteroatoms. The Hall–Kier alpha value is -2.08. The molecule has 23 heavy (non-hydrogen) atoms. The fourth-order valence-electron chi connectivity index (χ4n) is 3.03. The number of carbonyl (C=O) groups is 2. The summed E-state index contributed by atoms with van der Waals surface area (Å²) in [4.78, 5) is 25.8. The Morgan fingerprint density at radius 3 is 3.04 bits per heavy atom. The fourth-order valence-corrected chi connectivity index (χ4v) is 3.03. The maximum atomic E-state index is 12.1. The van der Waals surface area contributed by atoms with Gasteiger partial charge < -0.3 is 19.7 Å². The number of ether oxygens (including phenoxy) is 2. The normalized spacial score (nSPS) is 21.5. The maximum absolute atomic E-state index is 12.1. The summed E-state index contributed by atoms with van der Waals surface area (Å²) in [5.74, 6) is 0.494. The molecule has 0 spiro atoms. The zero-order valence-electron chi connectivity index (χ0n) is 13.3. The Morgan fingerprint density at radius 2 is 2.26 bits per heavy atom. The molecule has 2 atom stereocenters. The monoisotopic (exact) mass is 318 g/mol. The smallest absolute Gasteiger partial charge is 0.265 e. The molecule has 1 saturated heterocycles. The number of para-hydroxylation sites is 2. The van der Waals surface area contributed by atoms with Gasteiger partial charge in [0.05, 0.1) is 17.8 Å². The third kappa shape index (κ3) is 3.64. The molecule has 2 amide bonds. The fraction of sp³-hybridized carbons (Fsp3) is 0.529. The Balaban J connectivity index is 1.55. The van der Waals surface area contributed by atoms with E-state index in [0.29, 0.717) is 12.3 Å². The lowest BCUT2D eigenvalue weighted by atomic mass is 10.1. The lowest BCUT2D eigenvalue weighted by Crippen LogP contribution is -2.44. The molecule has 1 N–H and O–H groups in total. The van der Waals surface area contributed by atoms with E-state index in [0.717, 1.165) is 25.1 Å². The van der Waals surface area contributed by atoms with Crippen LogP contribution in [0.5, 0.6) is 5.75 Å². The molecule has 1 aromatic carbocycles. The Bertz CT molecular complexity index is 584. The second kappa shape index (κ2) is 7.00. The first-order valence-electron chi connectivity index (χ1n) is 8.08. The SMILES string of the molecule is C[C@H](NC(=O)CCN1C(=O)COc2ccccc21)[C@@H]1CCCO1. The van der Waals surface area contributed by atoms with Crippen LogP contribution < -0.4 is 15.0 Å². The molecule has 0 bridgehead atoms. The van der Waals surface area contributed by atoms with E-state index in [4.69, 9.17) is 9.47 Å². The van der Waals surface area contributed by atoms with Gasteiger partial charge in [-0.1, -0.05) is 12.1 Å². The number of rotatable bonds is 5. The first-order valence-corrected chi connectivity index (χ1v) is 8.08. The lowest BCUT2D eigenvalue weighted by Gasteiger charge is -2.29. The van der Waals surface area contributed by atoms with Crippen LogP contribution in [-0.4, -0.2) is 43.7 Å². The van der Waals surface area contributed by atoms with Crippen molar-refractivity contribution in [3.8, 4) is 5.75 Å². The molecule has 124 valence electrons. The summed E-state index contributed by atoms with van der Waals surface area (Å²) < 4.78 is 11.0. The van der Waals surface area contributed by atoms with Gasteiger partial charge in [-0.2, -0.15) is 0 Å². The summed E-state index contributed by atoms with van der Waals surface area (Å²) in [6.45, 7) is 3.10. The highest BCUT2D eigenvalue weighted by atomic mass is 16.5. The number of hydrogen-bond acceptors (Lipinski definition) is 4. The van der Waals surface area contributed by atoms with Crippen molar-refractivity contribution in [1.29, 1.82) is 0 Å². The second-order valence-electron chi connectivity index (χ2n) is 5.96. The zero-order valence-corrected chi connectivity index (χ0v) is 13.3. The van der Waals surface area contributed by atoms with Crippen LogP contribution in [0.25, 0.3) is 0 Å². The van der Waals surface area contributed by atoms with Crippen LogP contribution in [-0.2, 0) is 14.3 Å². The van der Waals surface area contributed by atoms with Gasteiger partial charge in [-0.25, -0.2) is 0 Å². The number of nitrogens with one attached hydrogen (secondary N) is 1. The van der Waals surface area contributed by atoms with Crippen LogP contribution in [0.1, 0.15) is 26.2 Å². The van der Waals surface area contributed by atoms with Gasteiger partial charge in [0.25, 0.3) is 5.91 Å². The van der Waals surface area contributed by atoms with Crippen LogP contribution in [0, 0.1) is 0 Å². The molecular weight excluding hydrogens is 296 g/mol. The first-order chi connectivity index (χ1) is 11.1. The minimum absolute atomic E-state index is 0.00215. The van der Waals surface area contributed by atoms with Crippen molar-refractivity contribution in [2.45, 2.75) is 38.3 Å². The minimum atomic E-state index is -0.122. The second-order valence-corrected chi connectivity index (χ2v) is 5.96. The van der Waals surface area contributed by atoms with Gasteiger partial charge in [0, 0.05) is 19.6 Å². The average Bonchev–Trinajstić information content (AvgIpc) is 3.08. The van der Waals surface area contributed by atoms with Gasteiger partial charge in [0.1, 0.15) is 5.75 Å². The number of anilines is 1. The highest BCUT2D eigenvalue weighted by Crippen LogP contribution is 2.31. The predicted molar refractivity (Wildman–Crippen MR) is 85.5 cm³/mol. The largest absolute Gasteiger partial charge is 0.482 e. The van der Waals surface area contributed by atoms with Crippen molar-refractivity contribution < 1.29 is 19.1 Å². The van der Waals surface area contributed by atoms with Crippen molar-refractivity contribution in [2.24, 2.45) is 0 Å². The van der Waals surface area contributed by atoms with E-state index in [1.54, 1.807) is 4.90 Å².